The second-order valence-corrected chi connectivity index (χ2v) is 7.00. The molecule has 0 saturated carbocycles. The lowest BCUT2D eigenvalue weighted by Gasteiger charge is -2.30. The number of nitrogens with one attached hydrogen (secondary N) is 2. The van der Waals surface area contributed by atoms with Crippen molar-refractivity contribution in [1.82, 2.24) is 14.5 Å². The molecule has 178 valence electrons. The Hall–Kier alpha value is -3.97. The Morgan fingerprint density at radius 2 is 1.55 bits per heavy atom. The number of nitrogens with zero attached hydrogens (tertiary/aromatic N) is 2. The Labute approximate surface area is 183 Å². The number of anilines is 1. The van der Waals surface area contributed by atoms with E-state index in [0.29, 0.717) is 9.13 Å². The van der Waals surface area contributed by atoms with Gasteiger partial charge in [0.05, 0.1) is 21.3 Å². The molecule has 0 aliphatic carbocycles. The maximum Gasteiger partial charge on any atom is 0.425 e. The van der Waals surface area contributed by atoms with Crippen LogP contribution in [0.3, 0.4) is 0 Å². The molecule has 0 bridgehead atoms. The molecule has 33 heavy (non-hydrogen) atoms. The summed E-state index contributed by atoms with van der Waals surface area (Å²) in [4.78, 5) is 50.5. The fraction of sp³-hybridized carbons (Fsp3) is 0.368. The van der Waals surface area contributed by atoms with E-state index in [1.807, 2.05) is 5.32 Å². The lowest BCUT2D eigenvalue weighted by Crippen LogP contribution is -2.62. The van der Waals surface area contributed by atoms with Crippen LogP contribution in [0.2, 0.25) is 0 Å². The number of hydrogen-bond donors (Lipinski definition) is 2. The number of carbonyl (C=O) groups is 2. The van der Waals surface area contributed by atoms with Crippen molar-refractivity contribution in [3.63, 3.8) is 0 Å². The van der Waals surface area contributed by atoms with Crippen LogP contribution in [0.1, 0.15) is 15.9 Å². The molecule has 2 aromatic rings. The maximum absolute atomic E-state index is 14.4. The van der Waals surface area contributed by atoms with Crippen LogP contribution in [0.4, 0.5) is 19.0 Å². The van der Waals surface area contributed by atoms with E-state index in [-0.39, 0.29) is 22.8 Å². The minimum Gasteiger partial charge on any atom is -0.493 e. The summed E-state index contributed by atoms with van der Waals surface area (Å²) in [5, 5.41) is 3.55. The zero-order chi connectivity index (χ0) is 24.9. The molecule has 2 N–H and O–H groups in total. The van der Waals surface area contributed by atoms with Crippen LogP contribution in [-0.4, -0.2) is 48.5 Å². The Morgan fingerprint density at radius 1 is 1.00 bits per heavy atom. The fourth-order valence-corrected chi connectivity index (χ4v) is 3.56. The molecule has 2 amide bonds. The largest absolute Gasteiger partial charge is 0.493 e. The molecule has 0 unspecified atom stereocenters. The van der Waals surface area contributed by atoms with Crippen LogP contribution >= 0.6 is 0 Å². The van der Waals surface area contributed by atoms with E-state index in [4.69, 9.17) is 14.2 Å². The van der Waals surface area contributed by atoms with Crippen LogP contribution in [0.5, 0.6) is 17.2 Å². The highest BCUT2D eigenvalue weighted by Gasteiger charge is 2.68. The monoisotopic (exact) mass is 472 g/mol. The Balaban J connectivity index is 2.26. The third-order valence-electron chi connectivity index (χ3n) is 5.27. The van der Waals surface area contributed by atoms with Gasteiger partial charge >= 0.3 is 11.9 Å². The molecule has 0 spiro atoms. The first-order valence-corrected chi connectivity index (χ1v) is 9.16. The third-order valence-corrected chi connectivity index (χ3v) is 5.27. The molecule has 1 aromatic heterocycles. The van der Waals surface area contributed by atoms with Gasteiger partial charge in [0, 0.05) is 19.7 Å². The highest BCUT2D eigenvalue weighted by atomic mass is 19.4. The molecule has 1 aromatic carbocycles. The Kier molecular flexibility index (Phi) is 5.65. The fourth-order valence-electron chi connectivity index (χ4n) is 3.56. The SMILES string of the molecule is COc1cc(C(=O)N[C@@]2(C(F)(F)F)C(=O)Nc3c2c(=O)n(C)c(=O)n3C)cc(OC)c1OC. The van der Waals surface area contributed by atoms with Crippen LogP contribution in [0.25, 0.3) is 0 Å². The van der Waals surface area contributed by atoms with E-state index in [9.17, 15) is 32.3 Å². The van der Waals surface area contributed by atoms with E-state index in [1.54, 1.807) is 5.32 Å². The lowest BCUT2D eigenvalue weighted by atomic mass is 9.91. The zero-order valence-electron chi connectivity index (χ0n) is 18.0. The molecule has 2 heterocycles. The number of aromatic nitrogens is 2. The van der Waals surface area contributed by atoms with Crippen molar-refractivity contribution in [2.75, 3.05) is 26.6 Å². The van der Waals surface area contributed by atoms with Gasteiger partial charge in [-0.3, -0.25) is 23.5 Å². The summed E-state index contributed by atoms with van der Waals surface area (Å²) in [5.74, 6) is -3.77. The second-order valence-electron chi connectivity index (χ2n) is 7.00. The minimum atomic E-state index is -5.46. The molecule has 0 fully saturated rings. The standard InChI is InChI=1S/C19H19F3N4O7/c1-25-13-11(15(28)26(2)17(25)30)18(16(29)23-13,19(20,21)22)24-14(27)8-6-9(31-3)12(33-5)10(7-8)32-4/h6-7H,1-5H3,(H,23,29)(H,24,27)/t18-/m1/s1. The van der Waals surface area contributed by atoms with E-state index in [1.165, 1.54) is 21.3 Å². The third kappa shape index (κ3) is 3.29. The van der Waals surface area contributed by atoms with Crippen molar-refractivity contribution in [3.05, 3.63) is 44.1 Å². The number of amides is 2. The van der Waals surface area contributed by atoms with Gasteiger partial charge in [0.25, 0.3) is 22.9 Å². The molecule has 0 radical (unpaired) electrons. The van der Waals surface area contributed by atoms with Crippen molar-refractivity contribution >= 4 is 17.6 Å². The predicted octanol–water partition coefficient (Wildman–Crippen LogP) is 0.250. The lowest BCUT2D eigenvalue weighted by molar-refractivity contribution is -0.196. The second kappa shape index (κ2) is 7.86. The minimum absolute atomic E-state index is 0.0300. The first-order chi connectivity index (χ1) is 15.3. The molecule has 14 heteroatoms. The van der Waals surface area contributed by atoms with E-state index < -0.39 is 46.2 Å². The molecule has 1 atom stereocenters. The van der Waals surface area contributed by atoms with Gasteiger partial charge in [-0.25, -0.2) is 4.79 Å². The summed E-state index contributed by atoms with van der Waals surface area (Å²) in [5.41, 5.74) is -7.64. The van der Waals surface area contributed by atoms with Crippen molar-refractivity contribution in [3.8, 4) is 17.2 Å². The van der Waals surface area contributed by atoms with E-state index in [0.717, 1.165) is 26.2 Å². The van der Waals surface area contributed by atoms with Crippen LogP contribution in [0, 0.1) is 0 Å². The summed E-state index contributed by atoms with van der Waals surface area (Å²) in [6.07, 6.45) is -5.46. The number of hydrogen-bond acceptors (Lipinski definition) is 7. The van der Waals surface area contributed by atoms with Gasteiger partial charge in [0.1, 0.15) is 11.4 Å². The normalized spacial score (nSPS) is 17.3. The molecule has 0 saturated heterocycles. The number of carbonyl (C=O) groups excluding carboxylic acids is 2. The molecule has 1 aliphatic heterocycles. The molecule has 1 aliphatic rings. The van der Waals surface area contributed by atoms with Gasteiger partial charge < -0.3 is 24.8 Å². The summed E-state index contributed by atoms with van der Waals surface area (Å²) in [7, 11) is 5.80. The maximum atomic E-state index is 14.4. The molecular formula is C19H19F3N4O7. The van der Waals surface area contributed by atoms with Crippen LogP contribution < -0.4 is 36.1 Å². The van der Waals surface area contributed by atoms with Gasteiger partial charge in [-0.05, 0) is 12.1 Å². The van der Waals surface area contributed by atoms with Crippen molar-refractivity contribution in [2.45, 2.75) is 11.7 Å². The topological polar surface area (TPSA) is 130 Å². The average molecular weight is 472 g/mol. The average Bonchev–Trinajstić information content (AvgIpc) is 3.08. The number of ether oxygens (including phenoxy) is 3. The first kappa shape index (κ1) is 23.7. The summed E-state index contributed by atoms with van der Waals surface area (Å²) in [6, 6.07) is 2.15. The number of alkyl halides is 3. The summed E-state index contributed by atoms with van der Waals surface area (Å²) >= 11 is 0. The van der Waals surface area contributed by atoms with Gasteiger partial charge in [-0.1, -0.05) is 0 Å². The smallest absolute Gasteiger partial charge is 0.425 e. The predicted molar refractivity (Wildman–Crippen MR) is 107 cm³/mol. The number of fused-ring (bicyclic) bond motifs is 1. The number of methoxy groups -OCH3 is 3. The van der Waals surface area contributed by atoms with Gasteiger partial charge in [0.2, 0.25) is 5.75 Å². The van der Waals surface area contributed by atoms with Gasteiger partial charge in [-0.15, -0.1) is 0 Å². The summed E-state index contributed by atoms with van der Waals surface area (Å²) in [6.45, 7) is 0. The van der Waals surface area contributed by atoms with Crippen LogP contribution in [-0.2, 0) is 24.4 Å². The Morgan fingerprint density at radius 3 is 2.00 bits per heavy atom. The molecule has 3 rings (SSSR count). The summed E-state index contributed by atoms with van der Waals surface area (Å²) < 4.78 is 59.6. The first-order valence-electron chi connectivity index (χ1n) is 9.16. The van der Waals surface area contributed by atoms with E-state index in [2.05, 4.69) is 0 Å². The Bertz CT molecular complexity index is 1260. The number of halogens is 3. The highest BCUT2D eigenvalue weighted by Crippen LogP contribution is 2.45. The van der Waals surface area contributed by atoms with E-state index >= 15 is 0 Å². The molecule has 11 nitrogen and oxygen atoms in total. The number of rotatable bonds is 5. The molecular weight excluding hydrogens is 453 g/mol. The van der Waals surface area contributed by atoms with Crippen molar-refractivity contribution in [2.24, 2.45) is 14.1 Å². The van der Waals surface area contributed by atoms with Crippen LogP contribution in [0.15, 0.2) is 21.7 Å². The quantitative estimate of drug-likeness (QED) is 0.638. The zero-order valence-corrected chi connectivity index (χ0v) is 18.0. The van der Waals surface area contributed by atoms with Crippen molar-refractivity contribution < 1.29 is 37.0 Å². The van der Waals surface area contributed by atoms with Gasteiger partial charge in [-0.2, -0.15) is 13.2 Å². The van der Waals surface area contributed by atoms with Gasteiger partial charge in [0.15, 0.2) is 11.5 Å². The highest BCUT2D eigenvalue weighted by molar-refractivity contribution is 6.09. The number of benzene rings is 1. The van der Waals surface area contributed by atoms with Crippen molar-refractivity contribution in [1.29, 1.82) is 0 Å².